The second-order valence-electron chi connectivity index (χ2n) is 2.92. The van der Waals surface area contributed by atoms with Gasteiger partial charge < -0.3 is 9.32 Å². The van der Waals surface area contributed by atoms with Gasteiger partial charge in [0.15, 0.2) is 5.76 Å². The first-order chi connectivity index (χ1) is 6.31. The van der Waals surface area contributed by atoms with Crippen LogP contribution >= 0.6 is 0 Å². The maximum absolute atomic E-state index is 11.5. The van der Waals surface area contributed by atoms with E-state index in [1.807, 2.05) is 6.07 Å². The molecular weight excluding hydrogens is 168 g/mol. The molecule has 2 rings (SSSR count). The van der Waals surface area contributed by atoms with E-state index >= 15 is 0 Å². The van der Waals surface area contributed by atoms with E-state index in [1.165, 1.54) is 6.07 Å². The molecule has 0 aliphatic carbocycles. The molecule has 0 radical (unpaired) electrons. The van der Waals surface area contributed by atoms with Crippen LogP contribution in [0, 0.1) is 11.3 Å². The fraction of sp³-hybridized carbons (Fsp3) is 0.333. The fourth-order valence-corrected chi connectivity index (χ4v) is 1.19. The molecule has 1 aliphatic heterocycles. The van der Waals surface area contributed by atoms with Crippen molar-refractivity contribution in [1.82, 2.24) is 4.90 Å². The summed E-state index contributed by atoms with van der Waals surface area (Å²) in [6.45, 7) is 1.59. The number of nitriles is 1. The molecule has 0 bridgehead atoms. The lowest BCUT2D eigenvalue weighted by Crippen LogP contribution is -2.41. The highest BCUT2D eigenvalue weighted by atomic mass is 16.3. The van der Waals surface area contributed by atoms with E-state index < -0.39 is 0 Å². The molecule has 0 unspecified atom stereocenters. The van der Waals surface area contributed by atoms with Crippen molar-refractivity contribution in [2.45, 2.75) is 6.42 Å². The molecule has 0 N–H and O–H groups in total. The first-order valence-electron chi connectivity index (χ1n) is 4.10. The molecule has 1 aromatic rings. The Kier molecular flexibility index (Phi) is 1.78. The number of hydrogen-bond donors (Lipinski definition) is 0. The second kappa shape index (κ2) is 2.94. The van der Waals surface area contributed by atoms with Gasteiger partial charge in [-0.15, -0.1) is 0 Å². The Bertz CT molecular complexity index is 371. The SMILES string of the molecule is N#Cc1ccc(C(=O)N2CCC2)o1. The van der Waals surface area contributed by atoms with Gasteiger partial charge in [0, 0.05) is 13.1 Å². The van der Waals surface area contributed by atoms with Crippen LogP contribution in [0.25, 0.3) is 0 Å². The van der Waals surface area contributed by atoms with Crippen LogP contribution in [-0.2, 0) is 0 Å². The molecular formula is C9H8N2O2. The summed E-state index contributed by atoms with van der Waals surface area (Å²) in [5.41, 5.74) is 0. The summed E-state index contributed by atoms with van der Waals surface area (Å²) < 4.78 is 5.00. The van der Waals surface area contributed by atoms with Crippen LogP contribution in [0.3, 0.4) is 0 Å². The van der Waals surface area contributed by atoms with Crippen LogP contribution in [0.1, 0.15) is 22.7 Å². The van der Waals surface area contributed by atoms with Crippen molar-refractivity contribution in [3.63, 3.8) is 0 Å². The van der Waals surface area contributed by atoms with Crippen molar-refractivity contribution < 1.29 is 9.21 Å². The summed E-state index contributed by atoms with van der Waals surface area (Å²) in [5.74, 6) is 0.327. The first kappa shape index (κ1) is 7.87. The summed E-state index contributed by atoms with van der Waals surface area (Å²) in [4.78, 5) is 13.2. The molecule has 1 amide bonds. The normalized spacial score (nSPS) is 14.8. The molecule has 0 aromatic carbocycles. The number of nitrogens with zero attached hydrogens (tertiary/aromatic N) is 2. The Hall–Kier alpha value is -1.76. The van der Waals surface area contributed by atoms with Crippen LogP contribution in [0.5, 0.6) is 0 Å². The van der Waals surface area contributed by atoms with Gasteiger partial charge in [-0.25, -0.2) is 0 Å². The zero-order valence-corrected chi connectivity index (χ0v) is 6.99. The summed E-state index contributed by atoms with van der Waals surface area (Å²) in [6.07, 6.45) is 1.05. The van der Waals surface area contributed by atoms with E-state index in [2.05, 4.69) is 0 Å². The van der Waals surface area contributed by atoms with Gasteiger partial charge in [-0.2, -0.15) is 5.26 Å². The quantitative estimate of drug-likeness (QED) is 0.641. The predicted molar refractivity (Wildman–Crippen MR) is 43.9 cm³/mol. The van der Waals surface area contributed by atoms with E-state index in [9.17, 15) is 4.79 Å². The monoisotopic (exact) mass is 176 g/mol. The van der Waals surface area contributed by atoms with Crippen LogP contribution in [0.15, 0.2) is 16.5 Å². The maximum atomic E-state index is 11.5. The smallest absolute Gasteiger partial charge is 0.289 e. The number of likely N-dealkylation sites (tertiary alicyclic amines) is 1. The average molecular weight is 176 g/mol. The predicted octanol–water partition coefficient (Wildman–Crippen LogP) is 0.997. The Balaban J connectivity index is 2.16. The molecule has 1 saturated heterocycles. The van der Waals surface area contributed by atoms with Crippen LogP contribution < -0.4 is 0 Å². The third kappa shape index (κ3) is 1.29. The number of amides is 1. The molecule has 13 heavy (non-hydrogen) atoms. The standard InChI is InChI=1S/C9H8N2O2/c10-6-7-2-3-8(13-7)9(12)11-4-1-5-11/h2-3H,1,4-5H2. The Morgan fingerprint density at radius 2 is 2.31 bits per heavy atom. The number of furan rings is 1. The summed E-state index contributed by atoms with van der Waals surface area (Å²) in [7, 11) is 0. The summed E-state index contributed by atoms with van der Waals surface area (Å²) >= 11 is 0. The average Bonchev–Trinajstić information content (AvgIpc) is 2.48. The molecule has 1 fully saturated rings. The molecule has 66 valence electrons. The zero-order chi connectivity index (χ0) is 9.26. The van der Waals surface area contributed by atoms with Crippen molar-refractivity contribution in [2.75, 3.05) is 13.1 Å². The number of carbonyl (C=O) groups is 1. The van der Waals surface area contributed by atoms with Crippen molar-refractivity contribution in [3.05, 3.63) is 23.7 Å². The highest BCUT2D eigenvalue weighted by Crippen LogP contribution is 2.14. The number of carbonyl (C=O) groups excluding carboxylic acids is 1. The minimum absolute atomic E-state index is 0.118. The molecule has 2 heterocycles. The van der Waals surface area contributed by atoms with E-state index in [-0.39, 0.29) is 17.4 Å². The molecule has 0 atom stereocenters. The molecule has 1 aliphatic rings. The first-order valence-corrected chi connectivity index (χ1v) is 4.10. The third-order valence-electron chi connectivity index (χ3n) is 2.07. The molecule has 4 nitrogen and oxygen atoms in total. The second-order valence-corrected chi connectivity index (χ2v) is 2.92. The van der Waals surface area contributed by atoms with E-state index in [0.29, 0.717) is 0 Å². The molecule has 1 aromatic heterocycles. The lowest BCUT2D eigenvalue weighted by molar-refractivity contribution is 0.0618. The Labute approximate surface area is 75.4 Å². The maximum Gasteiger partial charge on any atom is 0.289 e. The molecule has 0 saturated carbocycles. The van der Waals surface area contributed by atoms with Gasteiger partial charge in [0.2, 0.25) is 5.76 Å². The Morgan fingerprint density at radius 3 is 2.77 bits per heavy atom. The van der Waals surface area contributed by atoms with Crippen molar-refractivity contribution >= 4 is 5.91 Å². The van der Waals surface area contributed by atoms with Crippen LogP contribution in [0.2, 0.25) is 0 Å². The third-order valence-corrected chi connectivity index (χ3v) is 2.07. The highest BCUT2D eigenvalue weighted by molar-refractivity contribution is 5.92. The minimum Gasteiger partial charge on any atom is -0.440 e. The lowest BCUT2D eigenvalue weighted by atomic mass is 10.2. The van der Waals surface area contributed by atoms with Crippen LogP contribution in [-0.4, -0.2) is 23.9 Å². The van der Waals surface area contributed by atoms with Gasteiger partial charge in [0.25, 0.3) is 5.91 Å². The molecule has 4 heteroatoms. The largest absolute Gasteiger partial charge is 0.440 e. The van der Waals surface area contributed by atoms with Gasteiger partial charge in [-0.05, 0) is 18.6 Å². The summed E-state index contributed by atoms with van der Waals surface area (Å²) in [6, 6.07) is 4.89. The zero-order valence-electron chi connectivity index (χ0n) is 6.99. The molecule has 0 spiro atoms. The number of rotatable bonds is 1. The minimum atomic E-state index is -0.118. The van der Waals surface area contributed by atoms with Crippen LogP contribution in [0.4, 0.5) is 0 Å². The van der Waals surface area contributed by atoms with Gasteiger partial charge >= 0.3 is 0 Å². The van der Waals surface area contributed by atoms with Crippen molar-refractivity contribution in [1.29, 1.82) is 5.26 Å². The highest BCUT2D eigenvalue weighted by Gasteiger charge is 2.23. The topological polar surface area (TPSA) is 57.2 Å². The van der Waals surface area contributed by atoms with Gasteiger partial charge in [0.1, 0.15) is 6.07 Å². The van der Waals surface area contributed by atoms with Gasteiger partial charge in [0.05, 0.1) is 0 Å². The summed E-state index contributed by atoms with van der Waals surface area (Å²) in [5, 5.41) is 8.47. The van der Waals surface area contributed by atoms with E-state index in [4.69, 9.17) is 9.68 Å². The fourth-order valence-electron chi connectivity index (χ4n) is 1.19. The number of hydrogen-bond acceptors (Lipinski definition) is 3. The van der Waals surface area contributed by atoms with E-state index in [1.54, 1.807) is 11.0 Å². The van der Waals surface area contributed by atoms with Crippen molar-refractivity contribution in [3.8, 4) is 6.07 Å². The lowest BCUT2D eigenvalue weighted by Gasteiger charge is -2.29. The van der Waals surface area contributed by atoms with E-state index in [0.717, 1.165) is 19.5 Å². The van der Waals surface area contributed by atoms with Gasteiger partial charge in [-0.1, -0.05) is 0 Å². The van der Waals surface area contributed by atoms with Crippen molar-refractivity contribution in [2.24, 2.45) is 0 Å². The van der Waals surface area contributed by atoms with Gasteiger partial charge in [-0.3, -0.25) is 4.79 Å². The Morgan fingerprint density at radius 1 is 1.54 bits per heavy atom.